The Labute approximate surface area is 266 Å². The fourth-order valence-corrected chi connectivity index (χ4v) is 10.0. The molecule has 3 aromatic rings. The molecule has 1 atom stereocenters. The Morgan fingerprint density at radius 2 is 1.86 bits per heavy atom. The first-order chi connectivity index (χ1) is 20.0. The highest BCUT2D eigenvalue weighted by atomic mass is 35.5. The number of ether oxygens (including phenoxy) is 1. The third kappa shape index (κ3) is 6.75. The molecule has 1 N–H and O–H groups in total. The number of likely N-dealkylation sites (N-methyl/N-ethyl adjacent to an activating group) is 1. The first-order valence-electron chi connectivity index (χ1n) is 13.8. The number of fused-ring (bicyclic) bond motifs is 2. The van der Waals surface area contributed by atoms with E-state index in [9.17, 15) is 21.6 Å². The Bertz CT molecular complexity index is 1710. The Hall–Kier alpha value is -1.82. The van der Waals surface area contributed by atoms with Crippen LogP contribution in [0.15, 0.2) is 29.3 Å². The second-order valence-corrected chi connectivity index (χ2v) is 16.4. The number of rotatable bonds is 7. The van der Waals surface area contributed by atoms with E-state index >= 15 is 0 Å². The first kappa shape index (κ1) is 32.6. The summed E-state index contributed by atoms with van der Waals surface area (Å²) in [5.41, 5.74) is 1.56. The lowest BCUT2D eigenvalue weighted by atomic mass is 10.1. The quantitative estimate of drug-likeness (QED) is 0.398. The lowest BCUT2D eigenvalue weighted by Gasteiger charge is -2.40. The van der Waals surface area contributed by atoms with Crippen LogP contribution in [0.2, 0.25) is 5.02 Å². The topological polar surface area (TPSA) is 136 Å². The average molecular weight is 694 g/mol. The standard InChI is InChI=1S/C26H33ClN6O6S3.ClH/c1-30-6-4-22-23(17-30)40-25(29-22)26(34)33-8-7-32(16-20(33)5-13-41(35,36)31-9-11-39-12-10-31)42(37,38)24-15-18-14-19(27)2-3-21(18)28-24;/h2-3,14-15,20,28H,4-13,16-17H2,1H3;1H. The highest BCUT2D eigenvalue weighted by Gasteiger charge is 2.39. The van der Waals surface area contributed by atoms with Gasteiger partial charge in [0.05, 0.1) is 24.7 Å². The second kappa shape index (κ2) is 12.9. The summed E-state index contributed by atoms with van der Waals surface area (Å²) in [7, 11) is -5.56. The SMILES string of the molecule is CN1CCc2nc(C(=O)N3CCN(S(=O)(=O)c4cc5cc(Cl)ccc5[nH]4)CC3CCS(=O)(=O)N3CCOCC3)sc2C1.Cl. The monoisotopic (exact) mass is 692 g/mol. The molecule has 2 saturated heterocycles. The molecule has 0 radical (unpaired) electrons. The molecule has 1 aromatic carbocycles. The number of thiazole rings is 1. The van der Waals surface area contributed by atoms with Crippen molar-refractivity contribution in [3.8, 4) is 0 Å². The molecule has 1 unspecified atom stereocenters. The van der Waals surface area contributed by atoms with E-state index in [2.05, 4.69) is 14.9 Å². The molecule has 0 aliphatic carbocycles. The number of nitrogens with one attached hydrogen (secondary N) is 1. The number of amides is 1. The summed E-state index contributed by atoms with van der Waals surface area (Å²) in [6, 6.07) is 5.98. The van der Waals surface area contributed by atoms with Crippen LogP contribution < -0.4 is 0 Å². The molecule has 6 rings (SSSR count). The molecule has 2 aromatic heterocycles. The Kier molecular flexibility index (Phi) is 9.76. The van der Waals surface area contributed by atoms with Crippen LogP contribution >= 0.6 is 35.3 Å². The summed E-state index contributed by atoms with van der Waals surface area (Å²) in [4.78, 5) is 26.3. The van der Waals surface area contributed by atoms with Crippen LogP contribution in [0.5, 0.6) is 0 Å². The fourth-order valence-electron chi connectivity index (χ4n) is 5.69. The molecule has 236 valence electrons. The number of carbonyl (C=O) groups excluding carboxylic acids is 1. The van der Waals surface area contributed by atoms with Crippen molar-refractivity contribution in [1.29, 1.82) is 0 Å². The van der Waals surface area contributed by atoms with Crippen LogP contribution in [0.4, 0.5) is 0 Å². The summed E-state index contributed by atoms with van der Waals surface area (Å²) in [5, 5.41) is 1.55. The molecule has 0 spiro atoms. The molecular weight excluding hydrogens is 659 g/mol. The van der Waals surface area contributed by atoms with E-state index in [-0.39, 0.29) is 68.2 Å². The van der Waals surface area contributed by atoms with Crippen LogP contribution in [0.25, 0.3) is 10.9 Å². The lowest BCUT2D eigenvalue weighted by molar-refractivity contribution is 0.0556. The molecule has 43 heavy (non-hydrogen) atoms. The van der Waals surface area contributed by atoms with E-state index in [1.807, 2.05) is 7.05 Å². The number of carbonyl (C=O) groups is 1. The van der Waals surface area contributed by atoms with Crippen LogP contribution in [0, 0.1) is 0 Å². The smallest absolute Gasteiger partial charge is 0.283 e. The number of nitrogens with zero attached hydrogens (tertiary/aromatic N) is 5. The average Bonchev–Trinajstić information content (AvgIpc) is 3.60. The van der Waals surface area contributed by atoms with Crippen molar-refractivity contribution < 1.29 is 26.4 Å². The van der Waals surface area contributed by atoms with Gasteiger partial charge in [-0.05, 0) is 37.7 Å². The van der Waals surface area contributed by atoms with Crippen molar-refractivity contribution in [3.05, 3.63) is 44.9 Å². The number of aromatic amines is 1. The van der Waals surface area contributed by atoms with Crippen molar-refractivity contribution in [2.75, 3.05) is 65.3 Å². The van der Waals surface area contributed by atoms with Gasteiger partial charge in [0.2, 0.25) is 10.0 Å². The number of sulfonamides is 2. The first-order valence-corrected chi connectivity index (χ1v) is 18.1. The van der Waals surface area contributed by atoms with Crippen molar-refractivity contribution in [2.24, 2.45) is 0 Å². The molecule has 3 aliphatic heterocycles. The number of H-pyrrole nitrogens is 1. The van der Waals surface area contributed by atoms with Crippen molar-refractivity contribution in [2.45, 2.75) is 30.5 Å². The van der Waals surface area contributed by atoms with Crippen LogP contribution in [0.3, 0.4) is 0 Å². The molecule has 0 bridgehead atoms. The van der Waals surface area contributed by atoms with Gasteiger partial charge in [-0.25, -0.2) is 21.8 Å². The third-order valence-corrected chi connectivity index (χ3v) is 13.1. The zero-order valence-corrected chi connectivity index (χ0v) is 27.6. The van der Waals surface area contributed by atoms with Gasteiger partial charge in [0.25, 0.3) is 15.9 Å². The van der Waals surface area contributed by atoms with E-state index in [0.29, 0.717) is 34.1 Å². The van der Waals surface area contributed by atoms with Crippen molar-refractivity contribution in [3.63, 3.8) is 0 Å². The zero-order valence-electron chi connectivity index (χ0n) is 23.6. The summed E-state index contributed by atoms with van der Waals surface area (Å²) in [6.45, 7) is 2.97. The minimum absolute atomic E-state index is 0. The van der Waals surface area contributed by atoms with Gasteiger partial charge in [-0.1, -0.05) is 11.6 Å². The van der Waals surface area contributed by atoms with E-state index in [1.54, 1.807) is 29.2 Å². The fraction of sp³-hybridized carbons (Fsp3) is 0.538. The largest absolute Gasteiger partial charge is 0.379 e. The number of hydrogen-bond donors (Lipinski definition) is 1. The van der Waals surface area contributed by atoms with Crippen LogP contribution in [-0.2, 0) is 37.7 Å². The van der Waals surface area contributed by atoms with E-state index in [1.165, 1.54) is 19.9 Å². The van der Waals surface area contributed by atoms with Gasteiger partial charge in [0, 0.05) is 79.1 Å². The predicted molar refractivity (Wildman–Crippen MR) is 167 cm³/mol. The van der Waals surface area contributed by atoms with Gasteiger partial charge in [-0.2, -0.15) is 8.61 Å². The minimum atomic E-state index is -3.96. The lowest BCUT2D eigenvalue weighted by Crippen LogP contribution is -2.57. The van der Waals surface area contributed by atoms with Gasteiger partial charge in [-0.15, -0.1) is 23.7 Å². The maximum absolute atomic E-state index is 13.8. The van der Waals surface area contributed by atoms with Gasteiger partial charge < -0.3 is 19.5 Å². The minimum Gasteiger partial charge on any atom is -0.379 e. The molecule has 17 heteroatoms. The van der Waals surface area contributed by atoms with Gasteiger partial charge in [0.15, 0.2) is 5.01 Å². The van der Waals surface area contributed by atoms with E-state index in [0.717, 1.165) is 30.1 Å². The predicted octanol–water partition coefficient (Wildman–Crippen LogP) is 2.25. The molecule has 12 nitrogen and oxygen atoms in total. The Balaban J connectivity index is 0.00000368. The third-order valence-electron chi connectivity index (χ3n) is 8.06. The summed E-state index contributed by atoms with van der Waals surface area (Å²) < 4.78 is 61.9. The van der Waals surface area contributed by atoms with Gasteiger partial charge in [-0.3, -0.25) is 4.79 Å². The van der Waals surface area contributed by atoms with Crippen LogP contribution in [0.1, 0.15) is 26.8 Å². The highest BCUT2D eigenvalue weighted by molar-refractivity contribution is 7.89. The summed E-state index contributed by atoms with van der Waals surface area (Å²) in [6.07, 6.45) is 0.853. The van der Waals surface area contributed by atoms with E-state index < -0.39 is 26.1 Å². The second-order valence-electron chi connectivity index (χ2n) is 10.9. The molecule has 0 saturated carbocycles. The number of hydrogen-bond acceptors (Lipinski definition) is 9. The number of piperazine rings is 1. The van der Waals surface area contributed by atoms with Crippen LogP contribution in [-0.4, -0.2) is 122 Å². The number of aromatic nitrogens is 2. The molecule has 1 amide bonds. The summed E-state index contributed by atoms with van der Waals surface area (Å²) in [5.74, 6) is -0.498. The molecule has 5 heterocycles. The maximum Gasteiger partial charge on any atom is 0.283 e. The number of halogens is 2. The van der Waals surface area contributed by atoms with E-state index in [4.69, 9.17) is 16.3 Å². The Morgan fingerprint density at radius 1 is 1.09 bits per heavy atom. The van der Waals surface area contributed by atoms with Crippen molar-refractivity contribution >= 4 is 72.2 Å². The van der Waals surface area contributed by atoms with Gasteiger partial charge in [0.1, 0.15) is 5.03 Å². The summed E-state index contributed by atoms with van der Waals surface area (Å²) >= 11 is 7.46. The normalized spacial score (nSPS) is 21.1. The maximum atomic E-state index is 13.8. The van der Waals surface area contributed by atoms with Crippen molar-refractivity contribution in [1.82, 2.24) is 28.4 Å². The molecule has 3 aliphatic rings. The Morgan fingerprint density at radius 3 is 2.63 bits per heavy atom. The zero-order chi connectivity index (χ0) is 29.6. The molecular formula is C26H34Cl2N6O6S3. The number of benzene rings is 1. The van der Waals surface area contributed by atoms with Gasteiger partial charge >= 0.3 is 0 Å². The highest BCUT2D eigenvalue weighted by Crippen LogP contribution is 2.30. The molecule has 2 fully saturated rings. The number of morpholine rings is 1.